The summed E-state index contributed by atoms with van der Waals surface area (Å²) in [5.74, 6) is -2.99. The fourth-order valence-electron chi connectivity index (χ4n) is 2.70. The summed E-state index contributed by atoms with van der Waals surface area (Å²) in [6.07, 6.45) is 1.93. The van der Waals surface area contributed by atoms with Gasteiger partial charge in [-0.05, 0) is 43.5 Å². The molecule has 0 amide bonds. The molecule has 0 unspecified atom stereocenters. The number of aromatic hydroxyl groups is 1. The van der Waals surface area contributed by atoms with E-state index in [4.69, 9.17) is 5.11 Å². The van der Waals surface area contributed by atoms with Gasteiger partial charge in [-0.25, -0.2) is 8.78 Å². The first-order valence-electron chi connectivity index (χ1n) is 6.69. The number of hydrogen-bond acceptors (Lipinski definition) is 3. The molecule has 3 nitrogen and oxygen atoms in total. The molecule has 3 rings (SSSR count). The van der Waals surface area contributed by atoms with Crippen molar-refractivity contribution in [1.82, 2.24) is 4.98 Å². The van der Waals surface area contributed by atoms with Crippen LogP contribution in [0, 0.1) is 18.6 Å². The highest BCUT2D eigenvalue weighted by atomic mass is 19.1. The summed E-state index contributed by atoms with van der Waals surface area (Å²) >= 11 is 0. The van der Waals surface area contributed by atoms with E-state index in [-0.39, 0.29) is 11.3 Å². The molecule has 21 heavy (non-hydrogen) atoms. The van der Waals surface area contributed by atoms with E-state index >= 15 is 0 Å². The predicted molar refractivity (Wildman–Crippen MR) is 73.3 cm³/mol. The number of aryl methyl sites for hydroxylation is 2. The maximum absolute atomic E-state index is 13.5. The lowest BCUT2D eigenvalue weighted by molar-refractivity contribution is 0.0971. The Morgan fingerprint density at radius 1 is 1.14 bits per heavy atom. The predicted octanol–water partition coefficient (Wildman–Crippen LogP) is 3.56. The molecular weight excluding hydrogens is 276 g/mol. The maximum atomic E-state index is 13.5. The smallest absolute Gasteiger partial charge is 0.187 e. The molecule has 108 valence electrons. The number of phenolic OH excluding ortho intramolecular Hbond substituents is 1. The van der Waals surface area contributed by atoms with Crippen molar-refractivity contribution in [2.45, 2.75) is 26.2 Å². The second-order valence-electron chi connectivity index (χ2n) is 5.21. The number of nitrogens with zero attached hydrogens (tertiary/aromatic N) is 1. The van der Waals surface area contributed by atoms with Crippen molar-refractivity contribution in [3.63, 3.8) is 0 Å². The number of hydrogen-bond donors (Lipinski definition) is 1. The number of phenols is 1. The van der Waals surface area contributed by atoms with E-state index in [1.807, 2.05) is 0 Å². The van der Waals surface area contributed by atoms with Gasteiger partial charge in [0.1, 0.15) is 0 Å². The van der Waals surface area contributed by atoms with Crippen molar-refractivity contribution in [2.75, 3.05) is 0 Å². The zero-order valence-electron chi connectivity index (χ0n) is 11.4. The van der Waals surface area contributed by atoms with Gasteiger partial charge in [0.15, 0.2) is 23.2 Å². The van der Waals surface area contributed by atoms with E-state index in [1.54, 1.807) is 13.0 Å². The number of pyridine rings is 1. The minimum Gasteiger partial charge on any atom is -0.503 e. The topological polar surface area (TPSA) is 50.2 Å². The van der Waals surface area contributed by atoms with Crippen molar-refractivity contribution in [2.24, 2.45) is 0 Å². The van der Waals surface area contributed by atoms with Gasteiger partial charge in [-0.1, -0.05) is 0 Å². The molecule has 0 saturated heterocycles. The third kappa shape index (κ3) is 2.28. The van der Waals surface area contributed by atoms with Crippen LogP contribution in [-0.4, -0.2) is 15.9 Å². The molecule has 0 atom stereocenters. The third-order valence-corrected chi connectivity index (χ3v) is 3.70. The number of carbonyl (C=O) groups excluding carboxylic acids is 1. The van der Waals surface area contributed by atoms with Crippen molar-refractivity contribution in [3.05, 3.63) is 46.7 Å². The Bertz CT molecular complexity index is 733. The van der Waals surface area contributed by atoms with E-state index in [0.717, 1.165) is 24.1 Å². The lowest BCUT2D eigenvalue weighted by atomic mass is 9.90. The molecule has 0 fully saturated rings. The molecule has 0 saturated carbocycles. The summed E-state index contributed by atoms with van der Waals surface area (Å²) in [4.78, 5) is 16.3. The van der Waals surface area contributed by atoms with Gasteiger partial charge in [0.05, 0.1) is 11.4 Å². The van der Waals surface area contributed by atoms with Crippen LogP contribution in [0.4, 0.5) is 8.78 Å². The first-order chi connectivity index (χ1) is 9.97. The van der Waals surface area contributed by atoms with Gasteiger partial charge >= 0.3 is 0 Å². The molecule has 2 aromatic rings. The van der Waals surface area contributed by atoms with Crippen LogP contribution in [0.25, 0.3) is 11.3 Å². The summed E-state index contributed by atoms with van der Waals surface area (Å²) < 4.78 is 26.9. The molecule has 0 aliphatic heterocycles. The normalized spacial score (nSPS) is 14.1. The quantitative estimate of drug-likeness (QED) is 0.873. The van der Waals surface area contributed by atoms with Gasteiger partial charge in [-0.3, -0.25) is 9.78 Å². The second-order valence-corrected chi connectivity index (χ2v) is 5.21. The molecule has 1 aromatic carbocycles. The van der Waals surface area contributed by atoms with Crippen LogP contribution in [0.1, 0.15) is 34.5 Å². The largest absolute Gasteiger partial charge is 0.503 e. The van der Waals surface area contributed by atoms with E-state index < -0.39 is 17.4 Å². The number of aromatic nitrogens is 1. The second kappa shape index (κ2) is 4.91. The number of rotatable bonds is 1. The van der Waals surface area contributed by atoms with E-state index in [2.05, 4.69) is 4.98 Å². The van der Waals surface area contributed by atoms with Gasteiger partial charge in [0.2, 0.25) is 0 Å². The molecule has 0 spiro atoms. The van der Waals surface area contributed by atoms with Crippen LogP contribution >= 0.6 is 0 Å². The maximum Gasteiger partial charge on any atom is 0.187 e. The molecule has 1 aliphatic carbocycles. The van der Waals surface area contributed by atoms with Crippen molar-refractivity contribution < 1.29 is 18.7 Å². The number of ketones is 1. The zero-order valence-corrected chi connectivity index (χ0v) is 11.4. The number of benzene rings is 1. The van der Waals surface area contributed by atoms with E-state index in [9.17, 15) is 13.6 Å². The Morgan fingerprint density at radius 3 is 2.48 bits per heavy atom. The summed E-state index contributed by atoms with van der Waals surface area (Å²) in [5, 5.41) is 9.14. The highest BCUT2D eigenvalue weighted by Gasteiger charge is 2.22. The highest BCUT2D eigenvalue weighted by Crippen LogP contribution is 2.30. The summed E-state index contributed by atoms with van der Waals surface area (Å²) in [6, 6.07) is 3.72. The van der Waals surface area contributed by atoms with Gasteiger partial charge < -0.3 is 5.11 Å². The Labute approximate surface area is 120 Å². The van der Waals surface area contributed by atoms with Gasteiger partial charge in [-0.2, -0.15) is 0 Å². The lowest BCUT2D eigenvalue weighted by Gasteiger charge is -2.17. The van der Waals surface area contributed by atoms with Crippen molar-refractivity contribution >= 4 is 5.78 Å². The van der Waals surface area contributed by atoms with E-state index in [1.165, 1.54) is 0 Å². The standard InChI is InChI=1S/C16H13F2NO2/c1-8-5-13(9-6-10(17)16(21)11(18)7-9)19-12-3-2-4-14(20)15(8)12/h5-7,21H,2-4H2,1H3. The SMILES string of the molecule is Cc1cc(-c2cc(F)c(O)c(F)c2)nc2c1C(=O)CCC2. The van der Waals surface area contributed by atoms with Crippen LogP contribution in [-0.2, 0) is 6.42 Å². The van der Waals surface area contributed by atoms with Gasteiger partial charge in [-0.15, -0.1) is 0 Å². The Kier molecular flexibility index (Phi) is 3.20. The molecule has 1 N–H and O–H groups in total. The molecule has 1 aromatic heterocycles. The number of Topliss-reactive ketones (excluding diaryl/α,β-unsaturated/α-hetero) is 1. The van der Waals surface area contributed by atoms with Gasteiger partial charge in [0, 0.05) is 17.5 Å². The number of fused-ring (bicyclic) bond motifs is 1. The molecular formula is C16H13F2NO2. The van der Waals surface area contributed by atoms with Crippen LogP contribution < -0.4 is 0 Å². The molecule has 0 radical (unpaired) electrons. The van der Waals surface area contributed by atoms with Crippen molar-refractivity contribution in [3.8, 4) is 17.0 Å². The highest BCUT2D eigenvalue weighted by molar-refractivity contribution is 5.99. The number of halogens is 2. The first kappa shape index (κ1) is 13.7. The monoisotopic (exact) mass is 289 g/mol. The fraction of sp³-hybridized carbons (Fsp3) is 0.250. The molecule has 1 aliphatic rings. The average Bonchev–Trinajstić information content (AvgIpc) is 2.44. The Morgan fingerprint density at radius 2 is 1.81 bits per heavy atom. The Hall–Kier alpha value is -2.30. The van der Waals surface area contributed by atoms with Crippen molar-refractivity contribution in [1.29, 1.82) is 0 Å². The average molecular weight is 289 g/mol. The van der Waals surface area contributed by atoms with Gasteiger partial charge in [0.25, 0.3) is 0 Å². The minimum absolute atomic E-state index is 0.0656. The molecule has 5 heteroatoms. The lowest BCUT2D eigenvalue weighted by Crippen LogP contribution is -2.15. The van der Waals surface area contributed by atoms with E-state index in [0.29, 0.717) is 29.8 Å². The fourth-order valence-corrected chi connectivity index (χ4v) is 2.70. The number of carbonyl (C=O) groups is 1. The Balaban J connectivity index is 2.16. The first-order valence-corrected chi connectivity index (χ1v) is 6.69. The minimum atomic E-state index is -1.03. The molecule has 0 bridgehead atoms. The summed E-state index contributed by atoms with van der Waals surface area (Å²) in [5.41, 5.74) is 2.71. The third-order valence-electron chi connectivity index (χ3n) is 3.70. The summed E-state index contributed by atoms with van der Waals surface area (Å²) in [6.45, 7) is 1.79. The van der Waals surface area contributed by atoms with Crippen LogP contribution in [0.15, 0.2) is 18.2 Å². The van der Waals surface area contributed by atoms with Crippen LogP contribution in [0.5, 0.6) is 5.75 Å². The van der Waals surface area contributed by atoms with Crippen LogP contribution in [0.2, 0.25) is 0 Å². The summed E-state index contributed by atoms with van der Waals surface area (Å²) in [7, 11) is 0. The zero-order chi connectivity index (χ0) is 15.1. The molecule has 1 heterocycles. The van der Waals surface area contributed by atoms with Crippen LogP contribution in [0.3, 0.4) is 0 Å².